The van der Waals surface area contributed by atoms with Crippen LogP contribution >= 0.6 is 22.6 Å². The zero-order valence-electron chi connectivity index (χ0n) is 17.6. The lowest BCUT2D eigenvalue weighted by Crippen LogP contribution is -2.27. The molecule has 0 radical (unpaired) electrons. The summed E-state index contributed by atoms with van der Waals surface area (Å²) in [5, 5.41) is 11.2. The Morgan fingerprint density at radius 3 is 2.58 bits per heavy atom. The summed E-state index contributed by atoms with van der Waals surface area (Å²) in [4.78, 5) is 22.4. The number of halogens is 4. The van der Waals surface area contributed by atoms with Crippen molar-refractivity contribution in [3.8, 4) is 0 Å². The van der Waals surface area contributed by atoms with E-state index in [1.807, 2.05) is 28.1 Å². The molecule has 1 amide bonds. The molecule has 0 saturated carbocycles. The van der Waals surface area contributed by atoms with E-state index in [4.69, 9.17) is 14.8 Å². The molecule has 2 aromatic carbocycles. The van der Waals surface area contributed by atoms with Crippen LogP contribution in [-0.2, 0) is 27.0 Å². The van der Waals surface area contributed by atoms with E-state index in [0.29, 0.717) is 15.7 Å². The predicted octanol–water partition coefficient (Wildman–Crippen LogP) is 2.90. The summed E-state index contributed by atoms with van der Waals surface area (Å²) in [6, 6.07) is 5.13. The van der Waals surface area contributed by atoms with Crippen LogP contribution in [0.2, 0.25) is 0 Å². The van der Waals surface area contributed by atoms with E-state index in [1.165, 1.54) is 12.1 Å². The van der Waals surface area contributed by atoms with Crippen LogP contribution in [0.15, 0.2) is 24.3 Å². The van der Waals surface area contributed by atoms with Crippen molar-refractivity contribution in [3.05, 3.63) is 56.4 Å². The number of rotatable bonds is 13. The van der Waals surface area contributed by atoms with Crippen LogP contribution in [0.1, 0.15) is 22.3 Å². The maximum Gasteiger partial charge on any atom is 0.277 e. The van der Waals surface area contributed by atoms with Crippen molar-refractivity contribution >= 4 is 50.7 Å². The predicted molar refractivity (Wildman–Crippen MR) is 126 cm³/mol. The van der Waals surface area contributed by atoms with Crippen molar-refractivity contribution in [2.24, 2.45) is 0 Å². The largest absolute Gasteiger partial charge is 0.394 e. The molecule has 0 aromatic heterocycles. The highest BCUT2D eigenvalue weighted by Crippen LogP contribution is 2.30. The molecular formula is C20H23F3IN3O5S. The normalized spacial score (nSPS) is 11.9. The standard InChI is InChI=1S/C20H23F3IN3O5S/c1-33(30)8-2-6-31-25-11-12-9-14(20(29)27-32-7-5-28)19(18(23)17(12)22)26-16-4-3-13(24)10-15(16)21/h3-4,9-10,25-26,28H,2,5-8,11H2,1H3,(H,27,29). The van der Waals surface area contributed by atoms with Crippen molar-refractivity contribution in [2.75, 3.05) is 37.1 Å². The highest BCUT2D eigenvalue weighted by molar-refractivity contribution is 14.1. The van der Waals surface area contributed by atoms with Crippen molar-refractivity contribution < 1.29 is 37.0 Å². The molecule has 1 unspecified atom stereocenters. The van der Waals surface area contributed by atoms with Gasteiger partial charge in [-0.05, 0) is 53.3 Å². The molecule has 2 aromatic rings. The zero-order valence-corrected chi connectivity index (χ0v) is 20.5. The van der Waals surface area contributed by atoms with Crippen LogP contribution < -0.4 is 16.3 Å². The average Bonchev–Trinajstić information content (AvgIpc) is 2.76. The highest BCUT2D eigenvalue weighted by atomic mass is 127. The summed E-state index contributed by atoms with van der Waals surface area (Å²) < 4.78 is 55.6. The van der Waals surface area contributed by atoms with Gasteiger partial charge in [0, 0.05) is 38.5 Å². The SMILES string of the molecule is CS(=O)CCCONCc1cc(C(=O)NOCCO)c(Nc2ccc(I)cc2F)c(F)c1F. The minimum atomic E-state index is -1.40. The Hall–Kier alpha value is -1.78. The molecule has 0 fully saturated rings. The van der Waals surface area contributed by atoms with Crippen LogP contribution in [0, 0.1) is 21.0 Å². The number of carbonyl (C=O) groups excluding carboxylic acids is 1. The van der Waals surface area contributed by atoms with Gasteiger partial charge in [0.15, 0.2) is 11.6 Å². The zero-order chi connectivity index (χ0) is 24.4. The minimum absolute atomic E-state index is 0.165. The summed E-state index contributed by atoms with van der Waals surface area (Å²) in [7, 11) is -0.972. The van der Waals surface area contributed by atoms with E-state index in [2.05, 4.69) is 10.8 Å². The molecule has 2 rings (SSSR count). The summed E-state index contributed by atoms with van der Waals surface area (Å²) in [5.41, 5.74) is 3.14. The maximum absolute atomic E-state index is 15.0. The second kappa shape index (κ2) is 13.8. The molecular weight excluding hydrogens is 578 g/mol. The quantitative estimate of drug-likeness (QED) is 0.159. The first-order chi connectivity index (χ1) is 15.7. The Bertz CT molecular complexity index is 1000. The second-order valence-electron chi connectivity index (χ2n) is 6.64. The number of hydroxylamine groups is 2. The molecule has 0 bridgehead atoms. The monoisotopic (exact) mass is 601 g/mol. The smallest absolute Gasteiger partial charge is 0.277 e. The van der Waals surface area contributed by atoms with Gasteiger partial charge in [-0.25, -0.2) is 18.7 Å². The first-order valence-corrected chi connectivity index (χ1v) is 12.5. The van der Waals surface area contributed by atoms with Gasteiger partial charge in [-0.3, -0.25) is 13.8 Å². The van der Waals surface area contributed by atoms with E-state index < -0.39 is 39.8 Å². The van der Waals surface area contributed by atoms with Crippen LogP contribution in [0.3, 0.4) is 0 Å². The molecule has 182 valence electrons. The number of aliphatic hydroxyl groups excluding tert-OH is 1. The van der Waals surface area contributed by atoms with Gasteiger partial charge in [0.05, 0.1) is 36.8 Å². The number of nitrogens with one attached hydrogen (secondary N) is 3. The van der Waals surface area contributed by atoms with Gasteiger partial charge in [-0.2, -0.15) is 5.48 Å². The number of hydrogen-bond acceptors (Lipinski definition) is 7. The lowest BCUT2D eigenvalue weighted by atomic mass is 10.1. The van der Waals surface area contributed by atoms with E-state index in [0.717, 1.165) is 6.07 Å². The molecule has 13 heteroatoms. The van der Waals surface area contributed by atoms with E-state index >= 15 is 0 Å². The summed E-state index contributed by atoms with van der Waals surface area (Å²) in [6.45, 7) is -0.699. The Kier molecular flexibility index (Phi) is 11.5. The average molecular weight is 601 g/mol. The van der Waals surface area contributed by atoms with Crippen molar-refractivity contribution in [1.29, 1.82) is 0 Å². The van der Waals surface area contributed by atoms with Crippen LogP contribution in [0.25, 0.3) is 0 Å². The number of hydrogen-bond donors (Lipinski definition) is 4. The van der Waals surface area contributed by atoms with Crippen molar-refractivity contribution in [2.45, 2.75) is 13.0 Å². The first kappa shape index (κ1) is 27.5. The van der Waals surface area contributed by atoms with Crippen LogP contribution in [-0.4, -0.2) is 47.1 Å². The van der Waals surface area contributed by atoms with E-state index in [9.17, 15) is 22.2 Å². The van der Waals surface area contributed by atoms with Crippen LogP contribution in [0.5, 0.6) is 0 Å². The molecule has 0 heterocycles. The topological polar surface area (TPSA) is 109 Å². The molecule has 33 heavy (non-hydrogen) atoms. The fourth-order valence-electron chi connectivity index (χ4n) is 2.59. The van der Waals surface area contributed by atoms with Gasteiger partial charge in [-0.15, -0.1) is 0 Å². The molecule has 0 aliphatic rings. The van der Waals surface area contributed by atoms with Crippen LogP contribution in [0.4, 0.5) is 24.5 Å². The number of anilines is 2. The van der Waals surface area contributed by atoms with Gasteiger partial charge in [-0.1, -0.05) is 0 Å². The second-order valence-corrected chi connectivity index (χ2v) is 9.44. The summed E-state index contributed by atoms with van der Waals surface area (Å²) >= 11 is 1.89. The molecule has 1 atom stereocenters. The van der Waals surface area contributed by atoms with Gasteiger partial charge < -0.3 is 15.3 Å². The Morgan fingerprint density at radius 2 is 1.91 bits per heavy atom. The van der Waals surface area contributed by atoms with Crippen molar-refractivity contribution in [1.82, 2.24) is 11.0 Å². The third-order valence-electron chi connectivity index (χ3n) is 4.12. The van der Waals surface area contributed by atoms with Crippen molar-refractivity contribution in [3.63, 3.8) is 0 Å². The third kappa shape index (κ3) is 8.50. The number of benzene rings is 2. The number of aliphatic hydroxyl groups is 1. The lowest BCUT2D eigenvalue weighted by Gasteiger charge is -2.17. The summed E-state index contributed by atoms with van der Waals surface area (Å²) in [6.07, 6.45) is 2.05. The van der Waals surface area contributed by atoms with Gasteiger partial charge in [0.1, 0.15) is 5.82 Å². The molecule has 4 N–H and O–H groups in total. The fourth-order valence-corrected chi connectivity index (χ4v) is 3.56. The van der Waals surface area contributed by atoms with Gasteiger partial charge in [0.2, 0.25) is 0 Å². The lowest BCUT2D eigenvalue weighted by molar-refractivity contribution is 0.0168. The third-order valence-corrected chi connectivity index (χ3v) is 5.65. The molecule has 0 aliphatic carbocycles. The molecule has 0 spiro atoms. The van der Waals surface area contributed by atoms with E-state index in [1.54, 1.807) is 12.3 Å². The molecule has 0 saturated heterocycles. The Morgan fingerprint density at radius 1 is 1.15 bits per heavy atom. The van der Waals surface area contributed by atoms with E-state index in [-0.39, 0.29) is 43.2 Å². The minimum Gasteiger partial charge on any atom is -0.394 e. The van der Waals surface area contributed by atoms with Gasteiger partial charge >= 0.3 is 0 Å². The fraction of sp³-hybridized carbons (Fsp3) is 0.350. The maximum atomic E-state index is 15.0. The molecule has 0 aliphatic heterocycles. The number of carbonyl (C=O) groups is 1. The molecule has 8 nitrogen and oxygen atoms in total. The first-order valence-electron chi connectivity index (χ1n) is 9.65. The Balaban J connectivity index is 2.28. The number of amides is 1. The highest BCUT2D eigenvalue weighted by Gasteiger charge is 2.24. The Labute approximate surface area is 204 Å². The van der Waals surface area contributed by atoms with Gasteiger partial charge in [0.25, 0.3) is 5.91 Å². The summed E-state index contributed by atoms with van der Waals surface area (Å²) in [5.74, 6) is -3.90.